The van der Waals surface area contributed by atoms with Crippen LogP contribution in [0.1, 0.15) is 5.56 Å². The van der Waals surface area contributed by atoms with Gasteiger partial charge in [-0.1, -0.05) is 0 Å². The van der Waals surface area contributed by atoms with E-state index >= 15 is 0 Å². The van der Waals surface area contributed by atoms with Gasteiger partial charge in [-0.25, -0.2) is 0 Å². The standard InChI is InChI=1S/C5H6NO3S2/c7-11(8,9)6-3-5-1-2-10-4-5/h1-4,6H,(H,7,8,9). The lowest BCUT2D eigenvalue weighted by atomic mass is 10.4. The maximum atomic E-state index is 10.1. The first kappa shape index (κ1) is 8.66. The number of thiophene rings is 1. The first-order valence-electron chi connectivity index (χ1n) is 2.68. The van der Waals surface area contributed by atoms with Gasteiger partial charge in [0.25, 0.3) is 0 Å². The van der Waals surface area contributed by atoms with Crippen LogP contribution in [0.3, 0.4) is 0 Å². The van der Waals surface area contributed by atoms with E-state index in [1.165, 1.54) is 17.9 Å². The topological polar surface area (TPSA) is 66.4 Å². The van der Waals surface area contributed by atoms with Crippen molar-refractivity contribution in [3.05, 3.63) is 28.9 Å². The van der Waals surface area contributed by atoms with Gasteiger partial charge >= 0.3 is 10.3 Å². The van der Waals surface area contributed by atoms with Gasteiger partial charge in [-0.3, -0.25) is 4.55 Å². The van der Waals surface area contributed by atoms with Gasteiger partial charge in [-0.05, 0) is 22.4 Å². The summed E-state index contributed by atoms with van der Waals surface area (Å²) in [5, 5.41) is 3.55. The summed E-state index contributed by atoms with van der Waals surface area (Å²) in [6.45, 7) is 1.21. The van der Waals surface area contributed by atoms with Crippen LogP contribution in [0, 0.1) is 6.54 Å². The molecule has 1 heterocycles. The Labute approximate surface area is 68.8 Å². The minimum atomic E-state index is -4.10. The lowest BCUT2D eigenvalue weighted by Gasteiger charge is -1.95. The number of hydrogen-bond donors (Lipinski definition) is 2. The summed E-state index contributed by atoms with van der Waals surface area (Å²) in [6.07, 6.45) is 0. The highest BCUT2D eigenvalue weighted by molar-refractivity contribution is 7.83. The van der Waals surface area contributed by atoms with Gasteiger partial charge in [0.15, 0.2) is 0 Å². The molecule has 0 aromatic carbocycles. The number of hydrogen-bond acceptors (Lipinski definition) is 3. The molecule has 61 valence electrons. The molecule has 1 rings (SSSR count). The quantitative estimate of drug-likeness (QED) is 0.691. The number of rotatable bonds is 3. The fourth-order valence-electron chi connectivity index (χ4n) is 0.500. The van der Waals surface area contributed by atoms with Crippen LogP contribution >= 0.6 is 11.3 Å². The van der Waals surface area contributed by atoms with Crippen LogP contribution in [-0.2, 0) is 10.3 Å². The van der Waals surface area contributed by atoms with E-state index in [2.05, 4.69) is 0 Å². The molecule has 2 N–H and O–H groups in total. The highest BCUT2D eigenvalue weighted by Gasteiger charge is 2.02. The Kier molecular flexibility index (Phi) is 2.61. The van der Waals surface area contributed by atoms with Crippen molar-refractivity contribution in [3.8, 4) is 0 Å². The summed E-state index contributed by atoms with van der Waals surface area (Å²) in [5.41, 5.74) is 0.715. The molecule has 0 unspecified atom stereocenters. The molecule has 0 fully saturated rings. The summed E-state index contributed by atoms with van der Waals surface area (Å²) in [6, 6.07) is 1.73. The normalized spacial score (nSPS) is 11.7. The second-order valence-corrected chi connectivity index (χ2v) is 3.76. The molecule has 11 heavy (non-hydrogen) atoms. The van der Waals surface area contributed by atoms with Gasteiger partial charge in [0, 0.05) is 0 Å². The molecule has 6 heteroatoms. The third-order valence-corrected chi connectivity index (χ3v) is 2.03. The van der Waals surface area contributed by atoms with Gasteiger partial charge in [0.1, 0.15) is 0 Å². The lowest BCUT2D eigenvalue weighted by Crippen LogP contribution is -2.19. The monoisotopic (exact) mass is 192 g/mol. The predicted octanol–water partition coefficient (Wildman–Crippen LogP) is 0.650. The Balaban J connectivity index is 2.48. The highest BCUT2D eigenvalue weighted by Crippen LogP contribution is 2.06. The van der Waals surface area contributed by atoms with E-state index in [0.717, 1.165) is 0 Å². The predicted molar refractivity (Wildman–Crippen MR) is 42.4 cm³/mol. The third-order valence-electron chi connectivity index (χ3n) is 0.918. The Morgan fingerprint density at radius 3 is 2.82 bits per heavy atom. The molecule has 1 aromatic heterocycles. The fourth-order valence-corrected chi connectivity index (χ4v) is 1.40. The molecule has 0 aliphatic heterocycles. The summed E-state index contributed by atoms with van der Waals surface area (Å²) in [7, 11) is -4.10. The zero-order valence-corrected chi connectivity index (χ0v) is 7.02. The van der Waals surface area contributed by atoms with Crippen molar-refractivity contribution >= 4 is 21.6 Å². The van der Waals surface area contributed by atoms with E-state index in [1.54, 1.807) is 16.8 Å². The Morgan fingerprint density at radius 1 is 1.64 bits per heavy atom. The van der Waals surface area contributed by atoms with E-state index in [1.807, 2.05) is 4.72 Å². The van der Waals surface area contributed by atoms with Crippen LogP contribution in [-0.4, -0.2) is 13.0 Å². The molecule has 0 saturated carbocycles. The zero-order chi connectivity index (χ0) is 8.32. The van der Waals surface area contributed by atoms with Gasteiger partial charge in [0.2, 0.25) is 0 Å². The molecule has 0 saturated heterocycles. The summed E-state index contributed by atoms with van der Waals surface area (Å²) in [4.78, 5) is 0. The second-order valence-electron chi connectivity index (χ2n) is 1.79. The molecule has 1 radical (unpaired) electrons. The molecule has 0 amide bonds. The van der Waals surface area contributed by atoms with Crippen molar-refractivity contribution in [1.82, 2.24) is 4.72 Å². The molecule has 0 spiro atoms. The molecule has 0 aliphatic rings. The largest absolute Gasteiger partial charge is 0.333 e. The first-order valence-corrected chi connectivity index (χ1v) is 5.06. The van der Waals surface area contributed by atoms with Crippen molar-refractivity contribution in [2.24, 2.45) is 0 Å². The van der Waals surface area contributed by atoms with Crippen molar-refractivity contribution in [2.75, 3.05) is 0 Å². The first-order chi connectivity index (χ1) is 5.08. The van der Waals surface area contributed by atoms with E-state index in [9.17, 15) is 8.42 Å². The summed E-state index contributed by atoms with van der Waals surface area (Å²) >= 11 is 1.44. The van der Waals surface area contributed by atoms with E-state index in [0.29, 0.717) is 5.56 Å². The smallest absolute Gasteiger partial charge is 0.273 e. The van der Waals surface area contributed by atoms with Crippen molar-refractivity contribution in [3.63, 3.8) is 0 Å². The summed E-state index contributed by atoms with van der Waals surface area (Å²) in [5.74, 6) is 0. The maximum Gasteiger partial charge on any atom is 0.333 e. The van der Waals surface area contributed by atoms with Crippen molar-refractivity contribution in [2.45, 2.75) is 0 Å². The molecular weight excluding hydrogens is 186 g/mol. The average Bonchev–Trinajstić information content (AvgIpc) is 2.32. The van der Waals surface area contributed by atoms with Gasteiger partial charge in [-0.2, -0.15) is 24.5 Å². The minimum absolute atomic E-state index is 0.715. The van der Waals surface area contributed by atoms with E-state index in [4.69, 9.17) is 4.55 Å². The minimum Gasteiger partial charge on any atom is -0.273 e. The second kappa shape index (κ2) is 3.31. The van der Waals surface area contributed by atoms with Crippen LogP contribution in [0.5, 0.6) is 0 Å². The van der Waals surface area contributed by atoms with Gasteiger partial charge < -0.3 is 0 Å². The zero-order valence-electron chi connectivity index (χ0n) is 5.39. The van der Waals surface area contributed by atoms with Crippen LogP contribution in [0.2, 0.25) is 0 Å². The van der Waals surface area contributed by atoms with Gasteiger partial charge in [-0.15, -0.1) is 0 Å². The fraction of sp³-hybridized carbons (Fsp3) is 0. The molecule has 0 bridgehead atoms. The molecule has 1 aromatic rings. The highest BCUT2D eigenvalue weighted by atomic mass is 32.2. The summed E-state index contributed by atoms with van der Waals surface area (Å²) < 4.78 is 30.4. The van der Waals surface area contributed by atoms with Crippen molar-refractivity contribution < 1.29 is 13.0 Å². The van der Waals surface area contributed by atoms with E-state index < -0.39 is 10.3 Å². The molecule has 0 atom stereocenters. The van der Waals surface area contributed by atoms with Crippen LogP contribution in [0.25, 0.3) is 0 Å². The molecular formula is C5H6NO3S2. The van der Waals surface area contributed by atoms with Crippen LogP contribution in [0.4, 0.5) is 0 Å². The Bertz CT molecular complexity index is 302. The van der Waals surface area contributed by atoms with Crippen molar-refractivity contribution in [1.29, 1.82) is 0 Å². The average molecular weight is 192 g/mol. The molecule has 0 aliphatic carbocycles. The lowest BCUT2D eigenvalue weighted by molar-refractivity contribution is 0.474. The molecule has 4 nitrogen and oxygen atoms in total. The van der Waals surface area contributed by atoms with Gasteiger partial charge in [0.05, 0.1) is 6.54 Å². The maximum absolute atomic E-state index is 10.1. The van der Waals surface area contributed by atoms with E-state index in [-0.39, 0.29) is 0 Å². The van der Waals surface area contributed by atoms with Crippen LogP contribution < -0.4 is 4.72 Å². The number of nitrogens with one attached hydrogen (secondary N) is 1. The third kappa shape index (κ3) is 3.47. The Hall–Kier alpha value is -0.430. The Morgan fingerprint density at radius 2 is 2.36 bits per heavy atom. The van der Waals surface area contributed by atoms with Crippen LogP contribution in [0.15, 0.2) is 16.8 Å². The SMILES string of the molecule is O=S(=O)(O)N[CH]c1ccsc1.